The zero-order chi connectivity index (χ0) is 14.5. The molecule has 0 bridgehead atoms. The van der Waals surface area contributed by atoms with Crippen LogP contribution in [-0.2, 0) is 0 Å². The standard InChI is InChI=1S/C11H17F3N4O/c1-4-15-9-8(19-3)10(17-7-16-9)18(2)6-5-11(12,13)14/h7H,4-6H2,1-3H3,(H,15,16,17). The van der Waals surface area contributed by atoms with E-state index in [1.54, 1.807) is 0 Å². The minimum Gasteiger partial charge on any atom is -0.490 e. The van der Waals surface area contributed by atoms with E-state index in [4.69, 9.17) is 4.74 Å². The Morgan fingerprint density at radius 3 is 2.58 bits per heavy atom. The summed E-state index contributed by atoms with van der Waals surface area (Å²) < 4.78 is 41.8. The van der Waals surface area contributed by atoms with E-state index in [1.807, 2.05) is 6.92 Å². The highest BCUT2D eigenvalue weighted by atomic mass is 19.4. The van der Waals surface area contributed by atoms with Gasteiger partial charge in [-0.05, 0) is 6.92 Å². The van der Waals surface area contributed by atoms with Crippen molar-refractivity contribution in [2.45, 2.75) is 19.5 Å². The van der Waals surface area contributed by atoms with E-state index in [1.165, 1.54) is 25.4 Å². The Labute approximate surface area is 109 Å². The highest BCUT2D eigenvalue weighted by molar-refractivity contribution is 5.64. The van der Waals surface area contributed by atoms with Crippen LogP contribution in [0.2, 0.25) is 0 Å². The zero-order valence-corrected chi connectivity index (χ0v) is 11.1. The van der Waals surface area contributed by atoms with Crippen molar-refractivity contribution in [3.63, 3.8) is 0 Å². The number of rotatable bonds is 6. The Morgan fingerprint density at radius 1 is 1.37 bits per heavy atom. The number of hydrogen-bond donors (Lipinski definition) is 1. The van der Waals surface area contributed by atoms with Gasteiger partial charge in [0, 0.05) is 20.1 Å². The summed E-state index contributed by atoms with van der Waals surface area (Å²) in [4.78, 5) is 9.37. The highest BCUT2D eigenvalue weighted by Gasteiger charge is 2.28. The fourth-order valence-electron chi connectivity index (χ4n) is 1.52. The molecule has 0 aliphatic heterocycles. The number of hydrogen-bond acceptors (Lipinski definition) is 5. The van der Waals surface area contributed by atoms with Crippen molar-refractivity contribution >= 4 is 11.6 Å². The summed E-state index contributed by atoms with van der Waals surface area (Å²) in [5.74, 6) is 1.14. The molecule has 0 fully saturated rings. The zero-order valence-electron chi connectivity index (χ0n) is 11.1. The van der Waals surface area contributed by atoms with Crippen LogP contribution in [0.15, 0.2) is 6.33 Å². The molecular weight excluding hydrogens is 261 g/mol. The van der Waals surface area contributed by atoms with Gasteiger partial charge in [0.15, 0.2) is 11.6 Å². The molecule has 0 atom stereocenters. The minimum absolute atomic E-state index is 0.192. The average molecular weight is 278 g/mol. The first kappa shape index (κ1) is 15.3. The number of methoxy groups -OCH3 is 1. The molecule has 0 aliphatic carbocycles. The van der Waals surface area contributed by atoms with Gasteiger partial charge in [0.2, 0.25) is 5.75 Å². The van der Waals surface area contributed by atoms with Crippen LogP contribution in [0.3, 0.4) is 0 Å². The number of ether oxygens (including phenoxy) is 1. The van der Waals surface area contributed by atoms with E-state index in [2.05, 4.69) is 15.3 Å². The second-order valence-corrected chi connectivity index (χ2v) is 3.90. The molecule has 0 unspecified atom stereocenters. The number of halogens is 3. The summed E-state index contributed by atoms with van der Waals surface area (Å²) in [5, 5.41) is 2.97. The third kappa shape index (κ3) is 4.46. The predicted octanol–water partition coefficient (Wildman–Crippen LogP) is 2.31. The molecule has 1 N–H and O–H groups in total. The lowest BCUT2D eigenvalue weighted by Crippen LogP contribution is -2.25. The van der Waals surface area contributed by atoms with Crippen LogP contribution in [0.25, 0.3) is 0 Å². The Hall–Kier alpha value is -1.73. The molecule has 1 heterocycles. The molecule has 0 aromatic carbocycles. The molecular formula is C11H17F3N4O. The second-order valence-electron chi connectivity index (χ2n) is 3.90. The highest BCUT2D eigenvalue weighted by Crippen LogP contribution is 2.32. The quantitative estimate of drug-likeness (QED) is 0.865. The fourth-order valence-corrected chi connectivity index (χ4v) is 1.52. The van der Waals surface area contributed by atoms with Crippen molar-refractivity contribution in [1.82, 2.24) is 9.97 Å². The lowest BCUT2D eigenvalue weighted by atomic mass is 10.3. The maximum atomic E-state index is 12.2. The number of nitrogens with zero attached hydrogens (tertiary/aromatic N) is 3. The lowest BCUT2D eigenvalue weighted by molar-refractivity contribution is -0.132. The van der Waals surface area contributed by atoms with Crippen molar-refractivity contribution in [3.05, 3.63) is 6.33 Å². The summed E-state index contributed by atoms with van der Waals surface area (Å²) in [5.41, 5.74) is 0. The first-order valence-corrected chi connectivity index (χ1v) is 5.79. The molecule has 1 aromatic rings. The average Bonchev–Trinajstić information content (AvgIpc) is 2.35. The molecule has 108 valence electrons. The first-order valence-electron chi connectivity index (χ1n) is 5.79. The second kappa shape index (κ2) is 6.44. The van der Waals surface area contributed by atoms with E-state index < -0.39 is 12.6 Å². The van der Waals surface area contributed by atoms with Crippen molar-refractivity contribution in [3.8, 4) is 5.75 Å². The molecule has 0 aliphatic rings. The van der Waals surface area contributed by atoms with E-state index in [9.17, 15) is 13.2 Å². The summed E-state index contributed by atoms with van der Waals surface area (Å²) in [6, 6.07) is 0. The van der Waals surface area contributed by atoms with Gasteiger partial charge in [-0.3, -0.25) is 0 Å². The number of nitrogens with one attached hydrogen (secondary N) is 1. The Balaban J connectivity index is 2.89. The van der Waals surface area contributed by atoms with Gasteiger partial charge < -0.3 is 15.0 Å². The summed E-state index contributed by atoms with van der Waals surface area (Å²) in [6.07, 6.45) is -3.81. The van der Waals surface area contributed by atoms with Gasteiger partial charge in [-0.25, -0.2) is 9.97 Å². The van der Waals surface area contributed by atoms with E-state index in [0.29, 0.717) is 23.9 Å². The smallest absolute Gasteiger partial charge is 0.390 e. The van der Waals surface area contributed by atoms with Crippen LogP contribution in [0, 0.1) is 0 Å². The number of anilines is 2. The minimum atomic E-state index is -4.20. The third-order valence-electron chi connectivity index (χ3n) is 2.43. The third-order valence-corrected chi connectivity index (χ3v) is 2.43. The largest absolute Gasteiger partial charge is 0.490 e. The van der Waals surface area contributed by atoms with Crippen molar-refractivity contribution < 1.29 is 17.9 Å². The Kier molecular flexibility index (Phi) is 5.20. The van der Waals surface area contributed by atoms with Crippen LogP contribution in [0.5, 0.6) is 5.75 Å². The van der Waals surface area contributed by atoms with Crippen molar-refractivity contribution in [2.75, 3.05) is 37.5 Å². The summed E-state index contributed by atoms with van der Waals surface area (Å²) in [6.45, 7) is 2.32. The molecule has 1 rings (SSSR count). The summed E-state index contributed by atoms with van der Waals surface area (Å²) >= 11 is 0. The van der Waals surface area contributed by atoms with Gasteiger partial charge >= 0.3 is 6.18 Å². The predicted molar refractivity (Wildman–Crippen MR) is 66.7 cm³/mol. The lowest BCUT2D eigenvalue weighted by Gasteiger charge is -2.22. The molecule has 0 spiro atoms. The van der Waals surface area contributed by atoms with E-state index in [0.717, 1.165) is 0 Å². The molecule has 0 amide bonds. The van der Waals surface area contributed by atoms with Gasteiger partial charge in [0.05, 0.1) is 13.5 Å². The Bertz CT molecular complexity index is 411. The monoisotopic (exact) mass is 278 g/mol. The molecule has 0 radical (unpaired) electrons. The van der Waals surface area contributed by atoms with Gasteiger partial charge in [0.1, 0.15) is 6.33 Å². The van der Waals surface area contributed by atoms with Crippen LogP contribution >= 0.6 is 0 Å². The van der Waals surface area contributed by atoms with Crippen LogP contribution in [-0.4, -0.2) is 43.4 Å². The normalized spacial score (nSPS) is 11.3. The molecule has 0 saturated carbocycles. The van der Waals surface area contributed by atoms with Crippen LogP contribution < -0.4 is 15.0 Å². The molecule has 19 heavy (non-hydrogen) atoms. The fraction of sp³-hybridized carbons (Fsp3) is 0.636. The Morgan fingerprint density at radius 2 is 2.05 bits per heavy atom. The van der Waals surface area contributed by atoms with Crippen molar-refractivity contribution in [1.29, 1.82) is 0 Å². The topological polar surface area (TPSA) is 50.3 Å². The van der Waals surface area contributed by atoms with E-state index >= 15 is 0 Å². The first-order chi connectivity index (χ1) is 8.89. The summed E-state index contributed by atoms with van der Waals surface area (Å²) in [7, 11) is 2.97. The van der Waals surface area contributed by atoms with Crippen LogP contribution in [0.1, 0.15) is 13.3 Å². The van der Waals surface area contributed by atoms with Gasteiger partial charge in [0.25, 0.3) is 0 Å². The maximum Gasteiger partial charge on any atom is 0.390 e. The van der Waals surface area contributed by atoms with Gasteiger partial charge in [-0.1, -0.05) is 0 Å². The molecule has 0 saturated heterocycles. The maximum absolute atomic E-state index is 12.2. The molecule has 8 heteroatoms. The number of aromatic nitrogens is 2. The SMILES string of the molecule is CCNc1ncnc(N(C)CCC(F)(F)F)c1OC. The van der Waals surface area contributed by atoms with Gasteiger partial charge in [-0.2, -0.15) is 13.2 Å². The molecule has 1 aromatic heterocycles. The molecule has 5 nitrogen and oxygen atoms in total. The van der Waals surface area contributed by atoms with E-state index in [-0.39, 0.29) is 6.54 Å². The van der Waals surface area contributed by atoms with Crippen LogP contribution in [0.4, 0.5) is 24.8 Å². The van der Waals surface area contributed by atoms with Gasteiger partial charge in [-0.15, -0.1) is 0 Å². The van der Waals surface area contributed by atoms with Crippen molar-refractivity contribution in [2.24, 2.45) is 0 Å². The number of alkyl halides is 3.